The second kappa shape index (κ2) is 8.93. The Labute approximate surface area is 172 Å². The number of urea groups is 1. The van der Waals surface area contributed by atoms with Crippen LogP contribution in [0.4, 0.5) is 10.5 Å². The van der Waals surface area contributed by atoms with Gasteiger partial charge in [0.15, 0.2) is 0 Å². The van der Waals surface area contributed by atoms with Crippen LogP contribution in [0.5, 0.6) is 0 Å². The maximum atomic E-state index is 12.7. The van der Waals surface area contributed by atoms with Gasteiger partial charge in [0.25, 0.3) is 0 Å². The first-order valence-corrected chi connectivity index (χ1v) is 10.2. The molecule has 4 rings (SSSR count). The molecular formula is C25H27N3O. The summed E-state index contributed by atoms with van der Waals surface area (Å²) in [6.07, 6.45) is 0. The first-order valence-electron chi connectivity index (χ1n) is 10.2. The summed E-state index contributed by atoms with van der Waals surface area (Å²) in [5.74, 6) is 0. The van der Waals surface area contributed by atoms with E-state index in [1.165, 1.54) is 11.1 Å². The van der Waals surface area contributed by atoms with E-state index < -0.39 is 0 Å². The third kappa shape index (κ3) is 4.49. The molecule has 3 aromatic rings. The average molecular weight is 386 g/mol. The van der Waals surface area contributed by atoms with Gasteiger partial charge < -0.3 is 10.2 Å². The highest BCUT2D eigenvalue weighted by Crippen LogP contribution is 2.29. The molecule has 2 amide bonds. The molecule has 29 heavy (non-hydrogen) atoms. The number of amides is 2. The number of nitrogens with zero attached hydrogens (tertiary/aromatic N) is 2. The summed E-state index contributed by atoms with van der Waals surface area (Å²) in [5.41, 5.74) is 4.53. The molecule has 148 valence electrons. The molecule has 1 saturated heterocycles. The molecule has 0 atom stereocenters. The topological polar surface area (TPSA) is 35.6 Å². The number of benzene rings is 3. The van der Waals surface area contributed by atoms with E-state index in [1.807, 2.05) is 36.1 Å². The number of piperazine rings is 1. The van der Waals surface area contributed by atoms with Crippen LogP contribution in [0, 0.1) is 6.92 Å². The molecule has 4 nitrogen and oxygen atoms in total. The zero-order chi connectivity index (χ0) is 20.1. The van der Waals surface area contributed by atoms with E-state index in [-0.39, 0.29) is 12.1 Å². The Hall–Kier alpha value is -3.11. The van der Waals surface area contributed by atoms with Crippen LogP contribution in [0.1, 0.15) is 22.7 Å². The van der Waals surface area contributed by atoms with E-state index in [9.17, 15) is 4.79 Å². The molecule has 0 unspecified atom stereocenters. The minimum absolute atomic E-state index is 0.0186. The van der Waals surface area contributed by atoms with Gasteiger partial charge in [-0.15, -0.1) is 0 Å². The molecule has 4 heteroatoms. The normalized spacial score (nSPS) is 14.8. The van der Waals surface area contributed by atoms with Crippen molar-refractivity contribution in [2.75, 3.05) is 31.5 Å². The molecule has 1 N–H and O–H groups in total. The highest BCUT2D eigenvalue weighted by molar-refractivity contribution is 5.90. The summed E-state index contributed by atoms with van der Waals surface area (Å²) in [6.45, 7) is 5.13. The number of hydrogen-bond acceptors (Lipinski definition) is 2. The molecule has 1 fully saturated rings. The number of hydrogen-bond donors (Lipinski definition) is 1. The summed E-state index contributed by atoms with van der Waals surface area (Å²) >= 11 is 0. The largest absolute Gasteiger partial charge is 0.322 e. The number of carbonyl (C=O) groups is 1. The van der Waals surface area contributed by atoms with E-state index in [0.29, 0.717) is 13.1 Å². The van der Waals surface area contributed by atoms with Gasteiger partial charge in [-0.2, -0.15) is 0 Å². The SMILES string of the molecule is Cc1ccccc1NC(=O)N1CCN(C(c2ccccc2)c2ccccc2)CC1. The van der Waals surface area contributed by atoms with Gasteiger partial charge in [0.1, 0.15) is 0 Å². The lowest BCUT2D eigenvalue weighted by Crippen LogP contribution is -2.51. The van der Waals surface area contributed by atoms with Crippen LogP contribution < -0.4 is 5.32 Å². The third-order valence-corrected chi connectivity index (χ3v) is 5.58. The molecule has 0 aromatic heterocycles. The van der Waals surface area contributed by atoms with Crippen LogP contribution in [0.25, 0.3) is 0 Å². The zero-order valence-corrected chi connectivity index (χ0v) is 16.8. The van der Waals surface area contributed by atoms with E-state index in [2.05, 4.69) is 70.9 Å². The van der Waals surface area contributed by atoms with E-state index in [1.54, 1.807) is 0 Å². The van der Waals surface area contributed by atoms with Gasteiger partial charge in [0.2, 0.25) is 0 Å². The summed E-state index contributed by atoms with van der Waals surface area (Å²) in [6, 6.07) is 29.3. The zero-order valence-electron chi connectivity index (χ0n) is 16.8. The number of carbonyl (C=O) groups excluding carboxylic acids is 1. The van der Waals surface area contributed by atoms with Crippen molar-refractivity contribution in [1.82, 2.24) is 9.80 Å². The molecule has 3 aromatic carbocycles. The van der Waals surface area contributed by atoms with E-state index in [0.717, 1.165) is 24.3 Å². The highest BCUT2D eigenvalue weighted by Gasteiger charge is 2.28. The minimum atomic E-state index is -0.0186. The minimum Gasteiger partial charge on any atom is -0.322 e. The molecule has 0 saturated carbocycles. The van der Waals surface area contributed by atoms with E-state index in [4.69, 9.17) is 0 Å². The second-order valence-electron chi connectivity index (χ2n) is 7.49. The lowest BCUT2D eigenvalue weighted by molar-refractivity contribution is 0.126. The van der Waals surface area contributed by atoms with Crippen LogP contribution in [0.3, 0.4) is 0 Å². The van der Waals surface area contributed by atoms with Gasteiger partial charge in [-0.05, 0) is 29.7 Å². The van der Waals surface area contributed by atoms with Crippen LogP contribution in [0.15, 0.2) is 84.9 Å². The maximum absolute atomic E-state index is 12.7. The summed E-state index contributed by atoms with van der Waals surface area (Å²) in [5, 5.41) is 3.06. The molecule has 1 aliphatic heterocycles. The van der Waals surface area contributed by atoms with Crippen molar-refractivity contribution >= 4 is 11.7 Å². The Morgan fingerprint density at radius 2 is 1.28 bits per heavy atom. The van der Waals surface area contributed by atoms with Crippen LogP contribution in [-0.2, 0) is 0 Å². The van der Waals surface area contributed by atoms with Crippen molar-refractivity contribution in [3.63, 3.8) is 0 Å². The van der Waals surface area contributed by atoms with Gasteiger partial charge >= 0.3 is 6.03 Å². The van der Waals surface area contributed by atoms with Crippen LogP contribution >= 0.6 is 0 Å². The standard InChI is InChI=1S/C25H27N3O/c1-20-10-8-9-15-23(20)26-25(29)28-18-16-27(17-19-28)24(21-11-4-2-5-12-21)22-13-6-3-7-14-22/h2-15,24H,16-19H2,1H3,(H,26,29). The van der Waals surface area contributed by atoms with Crippen LogP contribution in [-0.4, -0.2) is 42.0 Å². The van der Waals surface area contributed by atoms with Crippen molar-refractivity contribution in [2.45, 2.75) is 13.0 Å². The van der Waals surface area contributed by atoms with Gasteiger partial charge in [0.05, 0.1) is 6.04 Å². The Morgan fingerprint density at radius 1 is 0.759 bits per heavy atom. The smallest absolute Gasteiger partial charge is 0.321 e. The van der Waals surface area contributed by atoms with Crippen molar-refractivity contribution < 1.29 is 4.79 Å². The Kier molecular flexibility index (Phi) is 5.92. The number of nitrogens with one attached hydrogen (secondary N) is 1. The number of para-hydroxylation sites is 1. The number of aryl methyl sites for hydroxylation is 1. The van der Waals surface area contributed by atoms with E-state index >= 15 is 0 Å². The molecule has 0 bridgehead atoms. The Balaban J connectivity index is 1.46. The Bertz CT molecular complexity index is 895. The van der Waals surface area contributed by atoms with Gasteiger partial charge in [-0.25, -0.2) is 4.79 Å². The molecule has 1 aliphatic rings. The van der Waals surface area contributed by atoms with Gasteiger partial charge in [0, 0.05) is 31.9 Å². The maximum Gasteiger partial charge on any atom is 0.321 e. The predicted octanol–water partition coefficient (Wildman–Crippen LogP) is 4.93. The van der Waals surface area contributed by atoms with Gasteiger partial charge in [-0.3, -0.25) is 4.90 Å². The summed E-state index contributed by atoms with van der Waals surface area (Å²) < 4.78 is 0. The average Bonchev–Trinajstić information content (AvgIpc) is 2.77. The summed E-state index contributed by atoms with van der Waals surface area (Å²) in [4.78, 5) is 17.1. The lowest BCUT2D eigenvalue weighted by atomic mass is 9.96. The quantitative estimate of drug-likeness (QED) is 0.691. The fourth-order valence-corrected chi connectivity index (χ4v) is 3.98. The van der Waals surface area contributed by atoms with Crippen molar-refractivity contribution in [2.24, 2.45) is 0 Å². The van der Waals surface area contributed by atoms with Crippen molar-refractivity contribution in [3.05, 3.63) is 102 Å². The molecule has 1 heterocycles. The first kappa shape index (κ1) is 19.2. The van der Waals surface area contributed by atoms with Crippen LogP contribution in [0.2, 0.25) is 0 Å². The van der Waals surface area contributed by atoms with Crippen molar-refractivity contribution in [1.29, 1.82) is 0 Å². The van der Waals surface area contributed by atoms with Crippen molar-refractivity contribution in [3.8, 4) is 0 Å². The number of rotatable bonds is 4. The predicted molar refractivity (Wildman–Crippen MR) is 118 cm³/mol. The molecule has 0 spiro atoms. The fourth-order valence-electron chi connectivity index (χ4n) is 3.98. The summed E-state index contributed by atoms with van der Waals surface area (Å²) in [7, 11) is 0. The third-order valence-electron chi connectivity index (χ3n) is 5.58. The monoisotopic (exact) mass is 385 g/mol. The lowest BCUT2D eigenvalue weighted by Gasteiger charge is -2.39. The first-order chi connectivity index (χ1) is 14.2. The highest BCUT2D eigenvalue weighted by atomic mass is 16.2. The number of anilines is 1. The molecule has 0 aliphatic carbocycles. The fraction of sp³-hybridized carbons (Fsp3) is 0.240. The second-order valence-corrected chi connectivity index (χ2v) is 7.49. The molecular weight excluding hydrogens is 358 g/mol. The Morgan fingerprint density at radius 3 is 1.83 bits per heavy atom. The molecule has 0 radical (unpaired) electrons. The van der Waals surface area contributed by atoms with Gasteiger partial charge in [-0.1, -0.05) is 78.9 Å².